The summed E-state index contributed by atoms with van der Waals surface area (Å²) in [5.41, 5.74) is 7.33. The first kappa shape index (κ1) is 10.5. The molecule has 4 heteroatoms. The fraction of sp³-hybridized carbons (Fsp3) is 0. The molecule has 0 unspecified atom stereocenters. The number of hydrogen-bond donors (Lipinski definition) is 1. The van der Waals surface area contributed by atoms with Crippen molar-refractivity contribution in [3.63, 3.8) is 0 Å². The van der Waals surface area contributed by atoms with Gasteiger partial charge in [0.15, 0.2) is 5.75 Å². The zero-order valence-electron chi connectivity index (χ0n) is 9.58. The van der Waals surface area contributed by atoms with Gasteiger partial charge in [-0.1, -0.05) is 6.07 Å². The van der Waals surface area contributed by atoms with Gasteiger partial charge in [-0.25, -0.2) is 4.98 Å². The number of nitrogens with zero attached hydrogens (tertiary/aromatic N) is 2. The summed E-state index contributed by atoms with van der Waals surface area (Å²) in [6.45, 7) is 0. The van der Waals surface area contributed by atoms with Crippen LogP contribution in [0.15, 0.2) is 54.9 Å². The van der Waals surface area contributed by atoms with E-state index in [1.807, 2.05) is 30.3 Å². The van der Waals surface area contributed by atoms with E-state index in [4.69, 9.17) is 10.5 Å². The van der Waals surface area contributed by atoms with Gasteiger partial charge < -0.3 is 10.5 Å². The molecule has 3 aromatic rings. The molecule has 0 aliphatic carbocycles. The summed E-state index contributed by atoms with van der Waals surface area (Å²) in [7, 11) is 0. The van der Waals surface area contributed by atoms with E-state index < -0.39 is 0 Å². The molecule has 1 aromatic carbocycles. The topological polar surface area (TPSA) is 61.0 Å². The molecule has 0 fully saturated rings. The molecule has 2 aromatic heterocycles. The van der Waals surface area contributed by atoms with Crippen LogP contribution in [0, 0.1) is 0 Å². The molecule has 4 nitrogen and oxygen atoms in total. The smallest absolute Gasteiger partial charge is 0.219 e. The number of hydrogen-bond acceptors (Lipinski definition) is 4. The lowest BCUT2D eigenvalue weighted by molar-refractivity contribution is 0.467. The Morgan fingerprint density at radius 2 is 1.78 bits per heavy atom. The molecule has 0 saturated heterocycles. The highest BCUT2D eigenvalue weighted by atomic mass is 16.5. The molecule has 0 bridgehead atoms. The fourth-order valence-electron chi connectivity index (χ4n) is 1.77. The van der Waals surface area contributed by atoms with Crippen molar-refractivity contribution >= 4 is 16.6 Å². The van der Waals surface area contributed by atoms with Crippen LogP contribution in [0.25, 0.3) is 10.9 Å². The highest BCUT2D eigenvalue weighted by molar-refractivity contribution is 5.94. The van der Waals surface area contributed by atoms with Crippen molar-refractivity contribution in [2.24, 2.45) is 0 Å². The van der Waals surface area contributed by atoms with E-state index >= 15 is 0 Å². The molecule has 2 heterocycles. The van der Waals surface area contributed by atoms with Gasteiger partial charge >= 0.3 is 0 Å². The van der Waals surface area contributed by atoms with Crippen LogP contribution < -0.4 is 10.5 Å². The summed E-state index contributed by atoms with van der Waals surface area (Å²) in [6.07, 6.45) is 3.40. The highest BCUT2D eigenvalue weighted by Gasteiger charge is 2.07. The van der Waals surface area contributed by atoms with Crippen LogP contribution >= 0.6 is 0 Å². The van der Waals surface area contributed by atoms with Crippen molar-refractivity contribution in [1.29, 1.82) is 0 Å². The molecule has 2 N–H and O–H groups in total. The zero-order chi connectivity index (χ0) is 12.4. The van der Waals surface area contributed by atoms with Gasteiger partial charge in [0.1, 0.15) is 5.52 Å². The first-order chi connectivity index (χ1) is 8.84. The average Bonchev–Trinajstić information content (AvgIpc) is 2.44. The molecule has 88 valence electrons. The number of rotatable bonds is 2. The summed E-state index contributed by atoms with van der Waals surface area (Å²) in [6, 6.07) is 12.9. The molecule has 3 rings (SSSR count). The Bertz CT molecular complexity index is 683. The first-order valence-electron chi connectivity index (χ1n) is 5.57. The van der Waals surface area contributed by atoms with Crippen molar-refractivity contribution in [1.82, 2.24) is 9.97 Å². The van der Waals surface area contributed by atoms with Crippen LogP contribution in [0.3, 0.4) is 0 Å². The summed E-state index contributed by atoms with van der Waals surface area (Å²) < 4.78 is 5.72. The van der Waals surface area contributed by atoms with E-state index in [1.54, 1.807) is 24.5 Å². The normalized spacial score (nSPS) is 10.4. The lowest BCUT2D eigenvalue weighted by Gasteiger charge is -2.08. The quantitative estimate of drug-likeness (QED) is 0.696. The molecule has 0 saturated carbocycles. The second kappa shape index (κ2) is 4.33. The van der Waals surface area contributed by atoms with Crippen molar-refractivity contribution in [3.05, 3.63) is 54.9 Å². The van der Waals surface area contributed by atoms with Crippen LogP contribution in [0.2, 0.25) is 0 Å². The van der Waals surface area contributed by atoms with E-state index in [1.165, 1.54) is 0 Å². The van der Waals surface area contributed by atoms with E-state index in [0.29, 0.717) is 17.3 Å². The van der Waals surface area contributed by atoms with Crippen LogP contribution in [-0.4, -0.2) is 9.97 Å². The maximum absolute atomic E-state index is 5.91. The van der Waals surface area contributed by atoms with E-state index in [9.17, 15) is 0 Å². The molecule has 0 radical (unpaired) electrons. The van der Waals surface area contributed by atoms with Crippen molar-refractivity contribution in [3.8, 4) is 11.6 Å². The largest absolute Gasteiger partial charge is 0.437 e. The minimum absolute atomic E-state index is 0.536. The Morgan fingerprint density at radius 1 is 0.889 bits per heavy atom. The van der Waals surface area contributed by atoms with E-state index in [-0.39, 0.29) is 0 Å². The fourth-order valence-corrected chi connectivity index (χ4v) is 1.77. The minimum atomic E-state index is 0.536. The third kappa shape index (κ3) is 1.84. The van der Waals surface area contributed by atoms with Gasteiger partial charge in [-0.15, -0.1) is 0 Å². The third-order valence-electron chi connectivity index (χ3n) is 2.62. The number of nitrogen functional groups attached to an aromatic ring is 1. The third-order valence-corrected chi connectivity index (χ3v) is 2.62. The standard InChI is InChI=1S/C14H11N3O/c15-11-6-7-12(14-10(11)4-3-9-17-14)18-13-5-1-2-8-16-13/h1-9H,15H2. The lowest BCUT2D eigenvalue weighted by Crippen LogP contribution is -1.93. The summed E-state index contributed by atoms with van der Waals surface area (Å²) >= 11 is 0. The number of benzene rings is 1. The first-order valence-corrected chi connectivity index (χ1v) is 5.57. The number of fused-ring (bicyclic) bond motifs is 1. The SMILES string of the molecule is Nc1ccc(Oc2ccccn2)c2ncccc12. The van der Waals surface area contributed by atoms with E-state index in [0.717, 1.165) is 10.9 Å². The number of nitrogens with two attached hydrogens (primary N) is 1. The number of anilines is 1. The zero-order valence-corrected chi connectivity index (χ0v) is 9.58. The number of pyridine rings is 2. The summed E-state index contributed by atoms with van der Waals surface area (Å²) in [5.74, 6) is 1.19. The monoisotopic (exact) mass is 237 g/mol. The minimum Gasteiger partial charge on any atom is -0.437 e. The Hall–Kier alpha value is -2.62. The Kier molecular flexibility index (Phi) is 2.53. The molecule has 0 aliphatic rings. The Balaban J connectivity index is 2.10. The number of ether oxygens (including phenoxy) is 1. The van der Waals surface area contributed by atoms with Crippen LogP contribution in [0.4, 0.5) is 5.69 Å². The van der Waals surface area contributed by atoms with Crippen LogP contribution in [0.1, 0.15) is 0 Å². The summed E-state index contributed by atoms with van der Waals surface area (Å²) in [4.78, 5) is 8.43. The van der Waals surface area contributed by atoms with Crippen LogP contribution in [0.5, 0.6) is 11.6 Å². The maximum Gasteiger partial charge on any atom is 0.219 e. The molecule has 0 spiro atoms. The van der Waals surface area contributed by atoms with Gasteiger partial charge in [-0.05, 0) is 30.3 Å². The van der Waals surface area contributed by atoms with E-state index in [2.05, 4.69) is 9.97 Å². The van der Waals surface area contributed by atoms with Crippen molar-refractivity contribution in [2.45, 2.75) is 0 Å². The van der Waals surface area contributed by atoms with Gasteiger partial charge in [0.25, 0.3) is 0 Å². The molecule has 0 amide bonds. The van der Waals surface area contributed by atoms with Gasteiger partial charge in [0, 0.05) is 29.5 Å². The van der Waals surface area contributed by atoms with Gasteiger partial charge in [-0.3, -0.25) is 4.98 Å². The van der Waals surface area contributed by atoms with Gasteiger partial charge in [0.05, 0.1) is 0 Å². The second-order valence-electron chi connectivity index (χ2n) is 3.82. The molecule has 0 aliphatic heterocycles. The Labute approximate surface area is 104 Å². The molecular formula is C14H11N3O. The Morgan fingerprint density at radius 3 is 2.61 bits per heavy atom. The second-order valence-corrected chi connectivity index (χ2v) is 3.82. The maximum atomic E-state index is 5.91. The number of aromatic nitrogens is 2. The average molecular weight is 237 g/mol. The van der Waals surface area contributed by atoms with Gasteiger partial charge in [-0.2, -0.15) is 0 Å². The lowest BCUT2D eigenvalue weighted by atomic mass is 10.2. The van der Waals surface area contributed by atoms with Crippen LogP contribution in [-0.2, 0) is 0 Å². The predicted molar refractivity (Wildman–Crippen MR) is 70.5 cm³/mol. The molecule has 18 heavy (non-hydrogen) atoms. The molecule has 0 atom stereocenters. The predicted octanol–water partition coefficient (Wildman–Crippen LogP) is 3.00. The highest BCUT2D eigenvalue weighted by Crippen LogP contribution is 2.30. The van der Waals surface area contributed by atoms with Gasteiger partial charge in [0.2, 0.25) is 5.88 Å². The summed E-state index contributed by atoms with van der Waals surface area (Å²) in [5, 5.41) is 0.880. The molecular weight excluding hydrogens is 226 g/mol. The van der Waals surface area contributed by atoms with Crippen molar-refractivity contribution < 1.29 is 4.74 Å². The van der Waals surface area contributed by atoms with Crippen molar-refractivity contribution in [2.75, 3.05) is 5.73 Å².